The van der Waals surface area contributed by atoms with Gasteiger partial charge in [0, 0.05) is 13.1 Å². The molecule has 3 nitrogen and oxygen atoms in total. The summed E-state index contributed by atoms with van der Waals surface area (Å²) in [5, 5.41) is 0. The van der Waals surface area contributed by atoms with E-state index in [4.69, 9.17) is 5.73 Å². The fourth-order valence-electron chi connectivity index (χ4n) is 1.24. The Morgan fingerprint density at radius 3 is 2.50 bits per heavy atom. The van der Waals surface area contributed by atoms with Gasteiger partial charge in [-0.2, -0.15) is 0 Å². The standard InChI is InChI=1S/C11H22N2O/c1-5-8-13(7-3)11(14)10(12)9(4)6-2/h5,9-10H,1,6-8,12H2,2-4H3. The summed E-state index contributed by atoms with van der Waals surface area (Å²) in [6.45, 7) is 10.9. The lowest BCUT2D eigenvalue weighted by atomic mass is 9.99. The highest BCUT2D eigenvalue weighted by molar-refractivity contribution is 5.82. The molecule has 0 radical (unpaired) electrons. The van der Waals surface area contributed by atoms with E-state index < -0.39 is 0 Å². The number of hydrogen-bond acceptors (Lipinski definition) is 2. The average molecular weight is 198 g/mol. The Balaban J connectivity index is 4.33. The molecule has 0 spiro atoms. The van der Waals surface area contributed by atoms with Crippen molar-refractivity contribution in [1.29, 1.82) is 0 Å². The lowest BCUT2D eigenvalue weighted by Crippen LogP contribution is -2.47. The zero-order valence-electron chi connectivity index (χ0n) is 9.49. The van der Waals surface area contributed by atoms with Gasteiger partial charge >= 0.3 is 0 Å². The molecule has 0 fully saturated rings. The number of likely N-dealkylation sites (N-methyl/N-ethyl adjacent to an activating group) is 1. The van der Waals surface area contributed by atoms with Crippen LogP contribution >= 0.6 is 0 Å². The van der Waals surface area contributed by atoms with Gasteiger partial charge in [0.2, 0.25) is 5.91 Å². The van der Waals surface area contributed by atoms with Crippen LogP contribution in [-0.2, 0) is 4.79 Å². The number of carbonyl (C=O) groups is 1. The minimum absolute atomic E-state index is 0.0294. The molecule has 0 aliphatic rings. The van der Waals surface area contributed by atoms with E-state index in [-0.39, 0.29) is 17.9 Å². The van der Waals surface area contributed by atoms with E-state index in [2.05, 4.69) is 6.58 Å². The molecule has 0 aromatic carbocycles. The molecule has 0 saturated heterocycles. The van der Waals surface area contributed by atoms with E-state index in [1.165, 1.54) is 0 Å². The summed E-state index contributed by atoms with van der Waals surface area (Å²) < 4.78 is 0. The van der Waals surface area contributed by atoms with Crippen LogP contribution in [0, 0.1) is 5.92 Å². The molecule has 0 rings (SSSR count). The van der Waals surface area contributed by atoms with Crippen molar-refractivity contribution in [2.45, 2.75) is 33.2 Å². The average Bonchev–Trinajstić information content (AvgIpc) is 2.22. The van der Waals surface area contributed by atoms with E-state index in [0.29, 0.717) is 13.1 Å². The first-order chi connectivity index (χ1) is 6.58. The maximum absolute atomic E-state index is 11.8. The molecule has 3 heteroatoms. The van der Waals surface area contributed by atoms with E-state index in [1.54, 1.807) is 11.0 Å². The van der Waals surface area contributed by atoms with Gasteiger partial charge in [-0.25, -0.2) is 0 Å². The molecule has 0 aromatic heterocycles. The van der Waals surface area contributed by atoms with Crippen LogP contribution in [0.15, 0.2) is 12.7 Å². The molecule has 0 aliphatic carbocycles. The van der Waals surface area contributed by atoms with E-state index in [9.17, 15) is 4.79 Å². The van der Waals surface area contributed by atoms with Crippen molar-refractivity contribution in [3.63, 3.8) is 0 Å². The van der Waals surface area contributed by atoms with Crippen molar-refractivity contribution < 1.29 is 4.79 Å². The van der Waals surface area contributed by atoms with Crippen LogP contribution in [0.1, 0.15) is 27.2 Å². The van der Waals surface area contributed by atoms with Crippen molar-refractivity contribution in [3.8, 4) is 0 Å². The van der Waals surface area contributed by atoms with Gasteiger partial charge in [0.05, 0.1) is 6.04 Å². The summed E-state index contributed by atoms with van der Waals surface area (Å²) in [7, 11) is 0. The Bertz CT molecular complexity index is 192. The number of nitrogens with two attached hydrogens (primary N) is 1. The van der Waals surface area contributed by atoms with E-state index in [1.807, 2.05) is 20.8 Å². The second kappa shape index (κ2) is 6.60. The molecule has 0 aromatic rings. The predicted molar refractivity (Wildman–Crippen MR) is 59.9 cm³/mol. The van der Waals surface area contributed by atoms with Crippen LogP contribution in [0.5, 0.6) is 0 Å². The maximum atomic E-state index is 11.8. The van der Waals surface area contributed by atoms with E-state index in [0.717, 1.165) is 6.42 Å². The van der Waals surface area contributed by atoms with Gasteiger partial charge in [0.1, 0.15) is 0 Å². The smallest absolute Gasteiger partial charge is 0.240 e. The quantitative estimate of drug-likeness (QED) is 0.656. The summed E-state index contributed by atoms with van der Waals surface area (Å²) in [4.78, 5) is 13.5. The van der Waals surface area contributed by atoms with Gasteiger partial charge in [-0.05, 0) is 12.8 Å². The minimum atomic E-state index is -0.375. The molecule has 2 N–H and O–H groups in total. The molecule has 0 bridgehead atoms. The van der Waals surface area contributed by atoms with Crippen LogP contribution in [0.3, 0.4) is 0 Å². The van der Waals surface area contributed by atoms with Crippen molar-refractivity contribution >= 4 is 5.91 Å². The third kappa shape index (κ3) is 3.50. The fourth-order valence-corrected chi connectivity index (χ4v) is 1.24. The molecular weight excluding hydrogens is 176 g/mol. The third-order valence-electron chi connectivity index (χ3n) is 2.59. The van der Waals surface area contributed by atoms with Crippen LogP contribution in [0.4, 0.5) is 0 Å². The van der Waals surface area contributed by atoms with Gasteiger partial charge in [-0.15, -0.1) is 6.58 Å². The normalized spacial score (nSPS) is 14.6. The molecule has 2 unspecified atom stereocenters. The first-order valence-electron chi connectivity index (χ1n) is 5.23. The summed E-state index contributed by atoms with van der Waals surface area (Å²) in [5.74, 6) is 0.267. The number of carbonyl (C=O) groups excluding carboxylic acids is 1. The summed E-state index contributed by atoms with van der Waals surface area (Å²) in [6, 6.07) is -0.375. The fraction of sp³-hybridized carbons (Fsp3) is 0.727. The predicted octanol–water partition coefficient (Wildman–Crippen LogP) is 1.39. The second-order valence-electron chi connectivity index (χ2n) is 3.58. The summed E-state index contributed by atoms with van der Waals surface area (Å²) >= 11 is 0. The Labute approximate surface area is 87.0 Å². The zero-order valence-corrected chi connectivity index (χ0v) is 9.49. The van der Waals surface area contributed by atoms with Gasteiger partial charge in [0.15, 0.2) is 0 Å². The number of hydrogen-bond donors (Lipinski definition) is 1. The SMILES string of the molecule is C=CCN(CC)C(=O)C(N)C(C)CC. The molecule has 82 valence electrons. The number of rotatable bonds is 6. The highest BCUT2D eigenvalue weighted by atomic mass is 16.2. The zero-order chi connectivity index (χ0) is 11.1. The van der Waals surface area contributed by atoms with Crippen LogP contribution < -0.4 is 5.73 Å². The molecule has 2 atom stereocenters. The van der Waals surface area contributed by atoms with Gasteiger partial charge in [-0.3, -0.25) is 4.79 Å². The Kier molecular flexibility index (Phi) is 6.21. The van der Waals surface area contributed by atoms with Crippen molar-refractivity contribution in [2.75, 3.05) is 13.1 Å². The van der Waals surface area contributed by atoms with Gasteiger partial charge < -0.3 is 10.6 Å². The number of nitrogens with zero attached hydrogens (tertiary/aromatic N) is 1. The van der Waals surface area contributed by atoms with Crippen molar-refractivity contribution in [2.24, 2.45) is 11.7 Å². The Hall–Kier alpha value is -0.830. The Morgan fingerprint density at radius 1 is 1.57 bits per heavy atom. The second-order valence-corrected chi connectivity index (χ2v) is 3.58. The van der Waals surface area contributed by atoms with Crippen molar-refractivity contribution in [3.05, 3.63) is 12.7 Å². The summed E-state index contributed by atoms with van der Waals surface area (Å²) in [5.41, 5.74) is 5.85. The maximum Gasteiger partial charge on any atom is 0.240 e. The van der Waals surface area contributed by atoms with Gasteiger partial charge in [0.25, 0.3) is 0 Å². The summed E-state index contributed by atoms with van der Waals surface area (Å²) in [6.07, 6.45) is 2.66. The molecule has 0 heterocycles. The highest BCUT2D eigenvalue weighted by Gasteiger charge is 2.23. The van der Waals surface area contributed by atoms with Crippen LogP contribution in [0.25, 0.3) is 0 Å². The molecule has 1 amide bonds. The lowest BCUT2D eigenvalue weighted by Gasteiger charge is -2.25. The van der Waals surface area contributed by atoms with Gasteiger partial charge in [-0.1, -0.05) is 26.3 Å². The molecule has 0 aliphatic heterocycles. The van der Waals surface area contributed by atoms with Crippen LogP contribution in [0.2, 0.25) is 0 Å². The van der Waals surface area contributed by atoms with E-state index >= 15 is 0 Å². The first kappa shape index (κ1) is 13.2. The van der Waals surface area contributed by atoms with Crippen molar-refractivity contribution in [1.82, 2.24) is 4.90 Å². The topological polar surface area (TPSA) is 46.3 Å². The number of amides is 1. The molecular formula is C11H22N2O. The monoisotopic (exact) mass is 198 g/mol. The third-order valence-corrected chi connectivity index (χ3v) is 2.59. The van der Waals surface area contributed by atoms with Crippen LogP contribution in [-0.4, -0.2) is 29.9 Å². The highest BCUT2D eigenvalue weighted by Crippen LogP contribution is 2.08. The molecule has 14 heavy (non-hydrogen) atoms. The Morgan fingerprint density at radius 2 is 2.14 bits per heavy atom. The molecule has 0 saturated carbocycles. The lowest BCUT2D eigenvalue weighted by molar-refractivity contribution is -0.133. The largest absolute Gasteiger partial charge is 0.338 e. The first-order valence-corrected chi connectivity index (χ1v) is 5.23. The minimum Gasteiger partial charge on any atom is -0.338 e.